The lowest BCUT2D eigenvalue weighted by Gasteiger charge is -2.22. The average Bonchev–Trinajstić information content (AvgIpc) is 3.00. The fourth-order valence-corrected chi connectivity index (χ4v) is 3.12. The van der Waals surface area contributed by atoms with Crippen LogP contribution < -0.4 is 5.32 Å². The molecule has 22 heavy (non-hydrogen) atoms. The Morgan fingerprint density at radius 1 is 1.05 bits per heavy atom. The van der Waals surface area contributed by atoms with Gasteiger partial charge in [-0.15, -0.1) is 0 Å². The lowest BCUT2D eigenvalue weighted by Crippen LogP contribution is -2.23. The van der Waals surface area contributed by atoms with E-state index in [1.807, 2.05) is 47.3 Å². The number of rotatable bonds is 3. The van der Waals surface area contributed by atoms with Gasteiger partial charge in [0, 0.05) is 18.4 Å². The Morgan fingerprint density at radius 3 is 2.86 bits per heavy atom. The zero-order valence-electron chi connectivity index (χ0n) is 12.4. The van der Waals surface area contributed by atoms with Gasteiger partial charge in [0.1, 0.15) is 5.65 Å². The van der Waals surface area contributed by atoms with E-state index in [0.717, 1.165) is 23.0 Å². The minimum Gasteiger partial charge on any atom is -0.351 e. The van der Waals surface area contributed by atoms with E-state index in [9.17, 15) is 0 Å². The monoisotopic (exact) mass is 293 g/mol. The summed E-state index contributed by atoms with van der Waals surface area (Å²) in [4.78, 5) is 13.5. The molecule has 0 amide bonds. The Labute approximate surface area is 129 Å². The molecule has 1 N–H and O–H groups in total. The highest BCUT2D eigenvalue weighted by Crippen LogP contribution is 2.22. The van der Waals surface area contributed by atoms with E-state index in [4.69, 9.17) is 0 Å². The minimum absolute atomic E-state index is 0.506. The van der Waals surface area contributed by atoms with Crippen LogP contribution in [0, 0.1) is 0 Å². The molecule has 0 aliphatic heterocycles. The first-order valence-corrected chi connectivity index (χ1v) is 7.92. The molecule has 5 heteroatoms. The molecule has 0 spiro atoms. The van der Waals surface area contributed by atoms with Gasteiger partial charge in [0.25, 0.3) is 0 Å². The van der Waals surface area contributed by atoms with Crippen LogP contribution in [-0.4, -0.2) is 25.4 Å². The van der Waals surface area contributed by atoms with Crippen molar-refractivity contribution in [2.24, 2.45) is 0 Å². The minimum atomic E-state index is 0.506. The normalized spacial score (nSPS) is 16.0. The standard InChI is InChI=1S/C17H19N5/c1-2-6-13(7-3-1)20-17-18-10-9-14(21-17)15-12-19-16-8-4-5-11-22(15)16/h4-5,8-13H,1-3,6-7H2,(H,18,20,21). The van der Waals surface area contributed by atoms with Gasteiger partial charge in [-0.1, -0.05) is 25.3 Å². The first-order chi connectivity index (χ1) is 10.9. The van der Waals surface area contributed by atoms with E-state index < -0.39 is 0 Å². The number of hydrogen-bond acceptors (Lipinski definition) is 4. The number of aromatic nitrogens is 4. The smallest absolute Gasteiger partial charge is 0.223 e. The maximum Gasteiger partial charge on any atom is 0.223 e. The third-order valence-corrected chi connectivity index (χ3v) is 4.27. The van der Waals surface area contributed by atoms with Gasteiger partial charge in [0.15, 0.2) is 0 Å². The first-order valence-electron chi connectivity index (χ1n) is 7.92. The van der Waals surface area contributed by atoms with Crippen LogP contribution in [0.1, 0.15) is 32.1 Å². The predicted molar refractivity (Wildman–Crippen MR) is 86.7 cm³/mol. The van der Waals surface area contributed by atoms with Crippen LogP contribution in [0.25, 0.3) is 17.0 Å². The molecule has 5 nitrogen and oxygen atoms in total. The molecule has 3 heterocycles. The van der Waals surface area contributed by atoms with Gasteiger partial charge < -0.3 is 5.32 Å². The Bertz CT molecular complexity index is 773. The summed E-state index contributed by atoms with van der Waals surface area (Å²) >= 11 is 0. The molecule has 0 atom stereocenters. The Kier molecular flexibility index (Phi) is 3.46. The summed E-state index contributed by atoms with van der Waals surface area (Å²) in [5, 5.41) is 3.48. The topological polar surface area (TPSA) is 55.1 Å². The SMILES string of the molecule is c1ccn2c(-c3ccnc(NC4CCCCC4)n3)cnc2c1. The molecular formula is C17H19N5. The maximum absolute atomic E-state index is 4.68. The molecule has 4 rings (SSSR count). The number of hydrogen-bond donors (Lipinski definition) is 1. The van der Waals surface area contributed by atoms with Crippen molar-refractivity contribution in [3.63, 3.8) is 0 Å². The number of nitrogens with one attached hydrogen (secondary N) is 1. The Hall–Kier alpha value is -2.43. The molecule has 0 bridgehead atoms. The van der Waals surface area contributed by atoms with Crippen molar-refractivity contribution in [1.82, 2.24) is 19.4 Å². The van der Waals surface area contributed by atoms with Crippen molar-refractivity contribution in [2.45, 2.75) is 38.1 Å². The van der Waals surface area contributed by atoms with Crippen LogP contribution in [0.15, 0.2) is 42.9 Å². The summed E-state index contributed by atoms with van der Waals surface area (Å²) in [6.45, 7) is 0. The second-order valence-electron chi connectivity index (χ2n) is 5.82. The zero-order valence-corrected chi connectivity index (χ0v) is 12.4. The van der Waals surface area contributed by atoms with Crippen LogP contribution in [0.3, 0.4) is 0 Å². The van der Waals surface area contributed by atoms with Crippen LogP contribution in [0.4, 0.5) is 5.95 Å². The largest absolute Gasteiger partial charge is 0.351 e. The second kappa shape index (κ2) is 5.75. The molecule has 0 aromatic carbocycles. The molecule has 112 valence electrons. The van der Waals surface area contributed by atoms with Gasteiger partial charge in [-0.3, -0.25) is 4.40 Å². The van der Waals surface area contributed by atoms with Crippen molar-refractivity contribution in [1.29, 1.82) is 0 Å². The number of pyridine rings is 1. The summed E-state index contributed by atoms with van der Waals surface area (Å²) in [6, 6.07) is 8.42. The second-order valence-corrected chi connectivity index (χ2v) is 5.82. The van der Waals surface area contributed by atoms with Crippen molar-refractivity contribution < 1.29 is 0 Å². The van der Waals surface area contributed by atoms with Crippen LogP contribution in [-0.2, 0) is 0 Å². The van der Waals surface area contributed by atoms with Crippen molar-refractivity contribution in [3.05, 3.63) is 42.9 Å². The summed E-state index contributed by atoms with van der Waals surface area (Å²) in [5.74, 6) is 0.718. The fraction of sp³-hybridized carbons (Fsp3) is 0.353. The molecular weight excluding hydrogens is 274 g/mol. The number of fused-ring (bicyclic) bond motifs is 1. The first kappa shape index (κ1) is 13.2. The molecule has 1 aliphatic rings. The highest BCUT2D eigenvalue weighted by atomic mass is 15.1. The summed E-state index contributed by atoms with van der Waals surface area (Å²) < 4.78 is 2.05. The van der Waals surface area contributed by atoms with E-state index in [2.05, 4.69) is 20.3 Å². The lowest BCUT2D eigenvalue weighted by atomic mass is 9.96. The molecule has 1 fully saturated rings. The van der Waals surface area contributed by atoms with Crippen LogP contribution in [0.5, 0.6) is 0 Å². The zero-order chi connectivity index (χ0) is 14.8. The summed E-state index contributed by atoms with van der Waals surface area (Å²) in [7, 11) is 0. The Balaban J connectivity index is 1.63. The van der Waals surface area contributed by atoms with E-state index >= 15 is 0 Å². The van der Waals surface area contributed by atoms with Gasteiger partial charge in [-0.2, -0.15) is 0 Å². The van der Waals surface area contributed by atoms with Crippen molar-refractivity contribution in [2.75, 3.05) is 5.32 Å². The van der Waals surface area contributed by atoms with Gasteiger partial charge in [-0.25, -0.2) is 15.0 Å². The predicted octanol–water partition coefficient (Wildman–Crippen LogP) is 3.54. The fourth-order valence-electron chi connectivity index (χ4n) is 3.12. The Morgan fingerprint density at radius 2 is 1.95 bits per heavy atom. The molecule has 1 saturated carbocycles. The summed E-state index contributed by atoms with van der Waals surface area (Å²) in [5.41, 5.74) is 2.81. The molecule has 0 radical (unpaired) electrons. The van der Waals surface area contributed by atoms with Gasteiger partial charge in [-0.05, 0) is 31.0 Å². The van der Waals surface area contributed by atoms with Crippen molar-refractivity contribution in [3.8, 4) is 11.4 Å². The number of imidazole rings is 1. The highest BCUT2D eigenvalue weighted by molar-refractivity contribution is 5.60. The number of anilines is 1. The van der Waals surface area contributed by atoms with E-state index in [1.54, 1.807) is 0 Å². The van der Waals surface area contributed by atoms with E-state index in [0.29, 0.717) is 6.04 Å². The third kappa shape index (κ3) is 2.54. The molecule has 0 saturated heterocycles. The average molecular weight is 293 g/mol. The molecule has 3 aromatic heterocycles. The van der Waals surface area contributed by atoms with Crippen molar-refractivity contribution >= 4 is 11.6 Å². The molecule has 1 aliphatic carbocycles. The third-order valence-electron chi connectivity index (χ3n) is 4.27. The lowest BCUT2D eigenvalue weighted by molar-refractivity contribution is 0.461. The van der Waals surface area contributed by atoms with E-state index in [1.165, 1.54) is 32.1 Å². The van der Waals surface area contributed by atoms with Gasteiger partial charge in [0.2, 0.25) is 5.95 Å². The van der Waals surface area contributed by atoms with Gasteiger partial charge in [0.05, 0.1) is 17.6 Å². The maximum atomic E-state index is 4.68. The summed E-state index contributed by atoms with van der Waals surface area (Å²) in [6.07, 6.45) is 12.1. The van der Waals surface area contributed by atoms with Gasteiger partial charge >= 0.3 is 0 Å². The van der Waals surface area contributed by atoms with E-state index in [-0.39, 0.29) is 0 Å². The molecule has 0 unspecified atom stereocenters. The molecule has 3 aromatic rings. The van der Waals surface area contributed by atoms with Crippen LogP contribution >= 0.6 is 0 Å². The van der Waals surface area contributed by atoms with Crippen LogP contribution in [0.2, 0.25) is 0 Å². The highest BCUT2D eigenvalue weighted by Gasteiger charge is 2.15. The number of nitrogens with zero attached hydrogens (tertiary/aromatic N) is 4. The quantitative estimate of drug-likeness (QED) is 0.802.